The molecular formula is C11H18N2O2S. The number of hydrogen-bond acceptors (Lipinski definition) is 4. The monoisotopic (exact) mass is 242 g/mol. The fraction of sp³-hybridized carbons (Fsp3) is 0.545. The third-order valence-electron chi connectivity index (χ3n) is 1.99. The lowest BCUT2D eigenvalue weighted by Gasteiger charge is -2.18. The highest BCUT2D eigenvalue weighted by Gasteiger charge is 2.26. The first-order valence-electron chi connectivity index (χ1n) is 5.13. The largest absolute Gasteiger partial charge is 0.326 e. The van der Waals surface area contributed by atoms with Gasteiger partial charge in [0, 0.05) is 18.3 Å². The molecule has 0 aliphatic heterocycles. The van der Waals surface area contributed by atoms with E-state index in [1.807, 2.05) is 20.8 Å². The summed E-state index contributed by atoms with van der Waals surface area (Å²) in [6.45, 7) is 5.84. The van der Waals surface area contributed by atoms with Gasteiger partial charge in [0.2, 0.25) is 0 Å². The summed E-state index contributed by atoms with van der Waals surface area (Å²) in [6, 6.07) is 3.39. The fourth-order valence-electron chi connectivity index (χ4n) is 1.50. The topological polar surface area (TPSA) is 73.0 Å². The first kappa shape index (κ1) is 13.1. The Morgan fingerprint density at radius 2 is 2.00 bits per heavy atom. The average molecular weight is 242 g/mol. The van der Waals surface area contributed by atoms with Gasteiger partial charge in [0.15, 0.2) is 14.9 Å². The maximum Gasteiger partial charge on any atom is 0.196 e. The van der Waals surface area contributed by atoms with Crippen molar-refractivity contribution < 1.29 is 8.42 Å². The van der Waals surface area contributed by atoms with Gasteiger partial charge < -0.3 is 5.73 Å². The third kappa shape index (κ3) is 3.28. The predicted molar refractivity (Wildman–Crippen MR) is 63.6 cm³/mol. The molecular weight excluding hydrogens is 224 g/mol. The highest BCUT2D eigenvalue weighted by atomic mass is 32.2. The standard InChI is InChI=1S/C11H18N2O2S/c1-11(2,3)8-16(14,15)10-9(7-12)5-4-6-13-10/h4-6H,7-8,12H2,1-3H3. The van der Waals surface area contributed by atoms with Crippen LogP contribution < -0.4 is 5.73 Å². The van der Waals surface area contributed by atoms with Crippen LogP contribution in [0.2, 0.25) is 0 Å². The molecule has 0 amide bonds. The van der Waals surface area contributed by atoms with E-state index in [-0.39, 0.29) is 22.7 Å². The van der Waals surface area contributed by atoms with Gasteiger partial charge in [-0.25, -0.2) is 13.4 Å². The average Bonchev–Trinajstić information content (AvgIpc) is 2.14. The minimum Gasteiger partial charge on any atom is -0.326 e. The molecule has 0 fully saturated rings. The smallest absolute Gasteiger partial charge is 0.196 e. The lowest BCUT2D eigenvalue weighted by atomic mass is 10.0. The van der Waals surface area contributed by atoms with Gasteiger partial charge in [-0.3, -0.25) is 0 Å². The Morgan fingerprint density at radius 3 is 2.50 bits per heavy atom. The van der Waals surface area contributed by atoms with Crippen molar-refractivity contribution in [3.05, 3.63) is 23.9 Å². The summed E-state index contributed by atoms with van der Waals surface area (Å²) in [5.74, 6) is 0.0734. The molecule has 0 bridgehead atoms. The van der Waals surface area contributed by atoms with Gasteiger partial charge in [-0.1, -0.05) is 26.8 Å². The summed E-state index contributed by atoms with van der Waals surface area (Å²) in [6.07, 6.45) is 1.48. The second kappa shape index (κ2) is 4.51. The molecule has 0 aliphatic rings. The van der Waals surface area contributed by atoms with Crippen LogP contribution in [0.15, 0.2) is 23.4 Å². The fourth-order valence-corrected chi connectivity index (χ4v) is 3.55. The van der Waals surface area contributed by atoms with Gasteiger partial charge in [-0.2, -0.15) is 0 Å². The van der Waals surface area contributed by atoms with Crippen LogP contribution in [-0.2, 0) is 16.4 Å². The van der Waals surface area contributed by atoms with Crippen LogP contribution in [0.25, 0.3) is 0 Å². The summed E-state index contributed by atoms with van der Waals surface area (Å²) in [5.41, 5.74) is 5.79. The number of nitrogens with zero attached hydrogens (tertiary/aromatic N) is 1. The second-order valence-electron chi connectivity index (χ2n) is 4.99. The number of sulfone groups is 1. The van der Waals surface area contributed by atoms with Crippen LogP contribution in [-0.4, -0.2) is 19.2 Å². The summed E-state index contributed by atoms with van der Waals surface area (Å²) < 4.78 is 24.2. The van der Waals surface area contributed by atoms with E-state index in [1.54, 1.807) is 12.1 Å². The van der Waals surface area contributed by atoms with Crippen molar-refractivity contribution in [1.29, 1.82) is 0 Å². The summed E-state index contributed by atoms with van der Waals surface area (Å²) in [4.78, 5) is 3.94. The van der Waals surface area contributed by atoms with Gasteiger partial charge in [0.1, 0.15) is 0 Å². The van der Waals surface area contributed by atoms with E-state index in [0.29, 0.717) is 5.56 Å². The molecule has 0 unspecified atom stereocenters. The zero-order valence-electron chi connectivity index (χ0n) is 9.90. The van der Waals surface area contributed by atoms with Gasteiger partial charge in [-0.05, 0) is 11.5 Å². The van der Waals surface area contributed by atoms with Crippen molar-refractivity contribution in [3.63, 3.8) is 0 Å². The van der Waals surface area contributed by atoms with Gasteiger partial charge in [0.25, 0.3) is 0 Å². The molecule has 90 valence electrons. The molecule has 1 aromatic heterocycles. The lowest BCUT2D eigenvalue weighted by Crippen LogP contribution is -2.23. The molecule has 1 heterocycles. The van der Waals surface area contributed by atoms with Gasteiger partial charge >= 0.3 is 0 Å². The van der Waals surface area contributed by atoms with E-state index >= 15 is 0 Å². The van der Waals surface area contributed by atoms with Crippen LogP contribution in [0.1, 0.15) is 26.3 Å². The summed E-state index contributed by atoms with van der Waals surface area (Å²) in [5, 5.41) is 0.118. The maximum absolute atomic E-state index is 12.1. The van der Waals surface area contributed by atoms with Crippen LogP contribution in [0.5, 0.6) is 0 Å². The molecule has 0 aromatic carbocycles. The zero-order valence-corrected chi connectivity index (χ0v) is 10.7. The van der Waals surface area contributed by atoms with E-state index in [0.717, 1.165) is 0 Å². The van der Waals surface area contributed by atoms with E-state index < -0.39 is 9.84 Å². The van der Waals surface area contributed by atoms with Crippen LogP contribution >= 0.6 is 0 Å². The van der Waals surface area contributed by atoms with Crippen molar-refractivity contribution in [2.75, 3.05) is 5.75 Å². The quantitative estimate of drug-likeness (QED) is 0.868. The molecule has 5 heteroatoms. The molecule has 0 saturated carbocycles. The Balaban J connectivity index is 3.17. The highest BCUT2D eigenvalue weighted by molar-refractivity contribution is 7.91. The third-order valence-corrected chi connectivity index (χ3v) is 4.19. The maximum atomic E-state index is 12.1. The molecule has 1 rings (SSSR count). The van der Waals surface area contributed by atoms with Gasteiger partial charge in [0.05, 0.1) is 5.75 Å². The van der Waals surface area contributed by atoms with Crippen LogP contribution in [0.4, 0.5) is 0 Å². The SMILES string of the molecule is CC(C)(C)CS(=O)(=O)c1ncccc1CN. The Hall–Kier alpha value is -0.940. The Kier molecular flexibility index (Phi) is 3.70. The lowest BCUT2D eigenvalue weighted by molar-refractivity contribution is 0.460. The van der Waals surface area contributed by atoms with E-state index in [2.05, 4.69) is 4.98 Å². The second-order valence-corrected chi connectivity index (χ2v) is 6.90. The number of hydrogen-bond donors (Lipinski definition) is 1. The number of pyridine rings is 1. The molecule has 2 N–H and O–H groups in total. The van der Waals surface area contributed by atoms with Crippen molar-refractivity contribution in [2.24, 2.45) is 11.1 Å². The minimum atomic E-state index is -3.35. The molecule has 0 atom stereocenters. The van der Waals surface area contributed by atoms with Crippen LogP contribution in [0, 0.1) is 5.41 Å². The number of aromatic nitrogens is 1. The first-order valence-corrected chi connectivity index (χ1v) is 6.78. The summed E-state index contributed by atoms with van der Waals surface area (Å²) in [7, 11) is -3.35. The van der Waals surface area contributed by atoms with Crippen molar-refractivity contribution in [3.8, 4) is 0 Å². The normalized spacial score (nSPS) is 12.8. The van der Waals surface area contributed by atoms with Crippen molar-refractivity contribution in [1.82, 2.24) is 4.98 Å². The number of rotatable bonds is 3. The molecule has 0 aliphatic carbocycles. The Labute approximate surface area is 96.8 Å². The highest BCUT2D eigenvalue weighted by Crippen LogP contribution is 2.22. The molecule has 0 radical (unpaired) electrons. The zero-order chi connectivity index (χ0) is 12.4. The van der Waals surface area contributed by atoms with Crippen molar-refractivity contribution in [2.45, 2.75) is 32.3 Å². The molecule has 0 saturated heterocycles. The predicted octanol–water partition coefficient (Wildman–Crippen LogP) is 1.36. The summed E-state index contributed by atoms with van der Waals surface area (Å²) >= 11 is 0. The first-order chi connectivity index (χ1) is 7.26. The Morgan fingerprint density at radius 1 is 1.38 bits per heavy atom. The molecule has 16 heavy (non-hydrogen) atoms. The molecule has 1 aromatic rings. The molecule has 4 nitrogen and oxygen atoms in total. The minimum absolute atomic E-state index is 0.0734. The van der Waals surface area contributed by atoms with E-state index in [1.165, 1.54) is 6.20 Å². The van der Waals surface area contributed by atoms with Gasteiger partial charge in [-0.15, -0.1) is 0 Å². The molecule has 0 spiro atoms. The van der Waals surface area contributed by atoms with Crippen molar-refractivity contribution >= 4 is 9.84 Å². The van der Waals surface area contributed by atoms with E-state index in [9.17, 15) is 8.42 Å². The Bertz CT molecular complexity index is 461. The van der Waals surface area contributed by atoms with E-state index in [4.69, 9.17) is 5.73 Å². The van der Waals surface area contributed by atoms with Crippen LogP contribution in [0.3, 0.4) is 0 Å². The number of nitrogens with two attached hydrogens (primary N) is 1.